The number of rotatable bonds is 4. The molecular formula is C14H24N2O3. The SMILES string of the molecule is CCCC1NC(=O)CN(CC2CCC(C)(C)O2)C1=O. The highest BCUT2D eigenvalue weighted by atomic mass is 16.5. The van der Waals surface area contributed by atoms with E-state index in [1.54, 1.807) is 4.90 Å². The van der Waals surface area contributed by atoms with Gasteiger partial charge in [0, 0.05) is 6.54 Å². The smallest absolute Gasteiger partial charge is 0.245 e. The van der Waals surface area contributed by atoms with E-state index in [4.69, 9.17) is 4.74 Å². The Morgan fingerprint density at radius 2 is 2.16 bits per heavy atom. The topological polar surface area (TPSA) is 58.6 Å². The third kappa shape index (κ3) is 3.47. The maximum absolute atomic E-state index is 12.3. The Bertz CT molecular complexity index is 368. The van der Waals surface area contributed by atoms with Gasteiger partial charge in [-0.3, -0.25) is 9.59 Å². The van der Waals surface area contributed by atoms with Gasteiger partial charge in [-0.15, -0.1) is 0 Å². The van der Waals surface area contributed by atoms with Gasteiger partial charge in [-0.25, -0.2) is 0 Å². The molecule has 19 heavy (non-hydrogen) atoms. The summed E-state index contributed by atoms with van der Waals surface area (Å²) >= 11 is 0. The molecule has 0 aromatic rings. The summed E-state index contributed by atoms with van der Waals surface area (Å²) in [6.07, 6.45) is 3.61. The van der Waals surface area contributed by atoms with E-state index < -0.39 is 0 Å². The molecule has 5 heteroatoms. The molecule has 2 amide bonds. The van der Waals surface area contributed by atoms with E-state index in [0.717, 1.165) is 19.3 Å². The van der Waals surface area contributed by atoms with E-state index in [1.165, 1.54) is 0 Å². The molecule has 2 aliphatic rings. The number of carbonyl (C=O) groups excluding carboxylic acids is 2. The second-order valence-corrected chi connectivity index (χ2v) is 6.17. The van der Waals surface area contributed by atoms with Crippen molar-refractivity contribution in [3.8, 4) is 0 Å². The summed E-state index contributed by atoms with van der Waals surface area (Å²) < 4.78 is 5.90. The van der Waals surface area contributed by atoms with Gasteiger partial charge in [0.05, 0.1) is 18.2 Å². The summed E-state index contributed by atoms with van der Waals surface area (Å²) in [6.45, 7) is 6.85. The van der Waals surface area contributed by atoms with Crippen molar-refractivity contribution in [2.75, 3.05) is 13.1 Å². The van der Waals surface area contributed by atoms with Gasteiger partial charge in [0.25, 0.3) is 0 Å². The predicted molar refractivity (Wildman–Crippen MR) is 71.6 cm³/mol. The number of nitrogens with one attached hydrogen (secondary N) is 1. The van der Waals surface area contributed by atoms with E-state index >= 15 is 0 Å². The molecule has 1 N–H and O–H groups in total. The average Bonchev–Trinajstić information content (AvgIpc) is 2.65. The molecular weight excluding hydrogens is 244 g/mol. The molecule has 2 fully saturated rings. The fourth-order valence-corrected chi connectivity index (χ4v) is 2.86. The largest absolute Gasteiger partial charge is 0.371 e. The minimum atomic E-state index is -0.347. The van der Waals surface area contributed by atoms with E-state index in [-0.39, 0.29) is 36.1 Å². The summed E-state index contributed by atoms with van der Waals surface area (Å²) in [5, 5.41) is 2.77. The van der Waals surface area contributed by atoms with Gasteiger partial charge < -0.3 is 15.0 Å². The Morgan fingerprint density at radius 3 is 2.74 bits per heavy atom. The fourth-order valence-electron chi connectivity index (χ4n) is 2.86. The monoisotopic (exact) mass is 268 g/mol. The maximum atomic E-state index is 12.3. The number of amides is 2. The van der Waals surface area contributed by atoms with Gasteiger partial charge in [-0.05, 0) is 33.1 Å². The van der Waals surface area contributed by atoms with Crippen LogP contribution in [0.5, 0.6) is 0 Å². The minimum Gasteiger partial charge on any atom is -0.371 e. The first-order valence-corrected chi connectivity index (χ1v) is 7.17. The number of ether oxygens (including phenoxy) is 1. The quantitative estimate of drug-likeness (QED) is 0.829. The minimum absolute atomic E-state index is 0.0368. The first-order chi connectivity index (χ1) is 8.91. The van der Waals surface area contributed by atoms with Crippen LogP contribution in [0.25, 0.3) is 0 Å². The summed E-state index contributed by atoms with van der Waals surface area (Å²) in [4.78, 5) is 25.6. The third-order valence-corrected chi connectivity index (χ3v) is 3.83. The molecule has 2 rings (SSSR count). The highest BCUT2D eigenvalue weighted by Crippen LogP contribution is 2.30. The molecule has 0 spiro atoms. The normalized spacial score (nSPS) is 30.6. The maximum Gasteiger partial charge on any atom is 0.245 e. The van der Waals surface area contributed by atoms with E-state index in [2.05, 4.69) is 19.2 Å². The molecule has 2 saturated heterocycles. The van der Waals surface area contributed by atoms with Crippen molar-refractivity contribution in [3.63, 3.8) is 0 Å². The van der Waals surface area contributed by atoms with Crippen LogP contribution in [-0.4, -0.2) is 47.6 Å². The molecule has 0 aliphatic carbocycles. The van der Waals surface area contributed by atoms with Crippen LogP contribution in [-0.2, 0) is 14.3 Å². The van der Waals surface area contributed by atoms with Gasteiger partial charge in [0.15, 0.2) is 0 Å². The number of nitrogens with zero attached hydrogens (tertiary/aromatic N) is 1. The van der Waals surface area contributed by atoms with Gasteiger partial charge in [0.2, 0.25) is 11.8 Å². The lowest BCUT2D eigenvalue weighted by Gasteiger charge is -2.34. The van der Waals surface area contributed by atoms with Crippen molar-refractivity contribution < 1.29 is 14.3 Å². The standard InChI is InChI=1S/C14H24N2O3/c1-4-5-11-13(18)16(9-12(17)15-11)8-10-6-7-14(2,3)19-10/h10-11H,4-9H2,1-3H3,(H,15,17). The predicted octanol–water partition coefficient (Wildman–Crippen LogP) is 1.07. The number of piperazine rings is 1. The van der Waals surface area contributed by atoms with Crippen LogP contribution in [0.3, 0.4) is 0 Å². The van der Waals surface area contributed by atoms with Gasteiger partial charge in [-0.1, -0.05) is 13.3 Å². The van der Waals surface area contributed by atoms with Gasteiger partial charge >= 0.3 is 0 Å². The summed E-state index contributed by atoms with van der Waals surface area (Å²) in [5.41, 5.74) is -0.103. The van der Waals surface area contributed by atoms with Gasteiger partial charge in [-0.2, -0.15) is 0 Å². The zero-order chi connectivity index (χ0) is 14.0. The Balaban J connectivity index is 1.95. The van der Waals surface area contributed by atoms with Crippen molar-refractivity contribution in [2.24, 2.45) is 0 Å². The molecule has 0 saturated carbocycles. The lowest BCUT2D eigenvalue weighted by Crippen LogP contribution is -2.59. The third-order valence-electron chi connectivity index (χ3n) is 3.83. The van der Waals surface area contributed by atoms with Crippen LogP contribution in [0, 0.1) is 0 Å². The molecule has 0 radical (unpaired) electrons. The molecule has 2 aliphatic heterocycles. The zero-order valence-electron chi connectivity index (χ0n) is 12.1. The van der Waals surface area contributed by atoms with Crippen LogP contribution in [0.15, 0.2) is 0 Å². The van der Waals surface area contributed by atoms with Crippen molar-refractivity contribution >= 4 is 11.8 Å². The van der Waals surface area contributed by atoms with Crippen molar-refractivity contribution in [3.05, 3.63) is 0 Å². The highest BCUT2D eigenvalue weighted by Gasteiger charge is 2.37. The Kier molecular flexibility index (Phi) is 4.13. The Morgan fingerprint density at radius 1 is 1.42 bits per heavy atom. The Hall–Kier alpha value is -1.10. The molecule has 108 valence electrons. The Labute approximate surface area is 114 Å². The van der Waals surface area contributed by atoms with Crippen LogP contribution in [0.1, 0.15) is 46.5 Å². The highest BCUT2D eigenvalue weighted by molar-refractivity contribution is 5.94. The first-order valence-electron chi connectivity index (χ1n) is 7.17. The number of hydrogen-bond donors (Lipinski definition) is 1. The molecule has 0 aromatic carbocycles. The average molecular weight is 268 g/mol. The number of carbonyl (C=O) groups is 2. The lowest BCUT2D eigenvalue weighted by molar-refractivity contribution is -0.146. The number of hydrogen-bond acceptors (Lipinski definition) is 3. The first kappa shape index (κ1) is 14.3. The fraction of sp³-hybridized carbons (Fsp3) is 0.857. The van der Waals surface area contributed by atoms with E-state index in [1.807, 2.05) is 6.92 Å². The van der Waals surface area contributed by atoms with Crippen molar-refractivity contribution in [2.45, 2.75) is 64.2 Å². The second kappa shape index (κ2) is 5.49. The molecule has 5 nitrogen and oxygen atoms in total. The molecule has 2 unspecified atom stereocenters. The van der Waals surface area contributed by atoms with Crippen molar-refractivity contribution in [1.29, 1.82) is 0 Å². The van der Waals surface area contributed by atoms with Crippen molar-refractivity contribution in [1.82, 2.24) is 10.2 Å². The molecule has 2 heterocycles. The van der Waals surface area contributed by atoms with Crippen LogP contribution >= 0.6 is 0 Å². The molecule has 0 aromatic heterocycles. The second-order valence-electron chi connectivity index (χ2n) is 6.17. The van der Waals surface area contributed by atoms with E-state index in [0.29, 0.717) is 13.0 Å². The van der Waals surface area contributed by atoms with Gasteiger partial charge in [0.1, 0.15) is 6.04 Å². The zero-order valence-corrected chi connectivity index (χ0v) is 12.1. The molecule has 2 atom stereocenters. The van der Waals surface area contributed by atoms with Crippen LogP contribution < -0.4 is 5.32 Å². The van der Waals surface area contributed by atoms with Crippen LogP contribution in [0.2, 0.25) is 0 Å². The van der Waals surface area contributed by atoms with Crippen LogP contribution in [0.4, 0.5) is 0 Å². The summed E-state index contributed by atoms with van der Waals surface area (Å²) in [7, 11) is 0. The summed E-state index contributed by atoms with van der Waals surface area (Å²) in [6, 6.07) is -0.347. The van der Waals surface area contributed by atoms with E-state index in [9.17, 15) is 9.59 Å². The summed E-state index contributed by atoms with van der Waals surface area (Å²) in [5.74, 6) is -0.0231. The lowest BCUT2D eigenvalue weighted by atomic mass is 10.0. The molecule has 0 bridgehead atoms.